The number of nitrogens with zero attached hydrogens (tertiary/aromatic N) is 1. The zero-order valence-electron chi connectivity index (χ0n) is 10.6. The third-order valence-corrected chi connectivity index (χ3v) is 4.84. The molecule has 1 aromatic heterocycles. The van der Waals surface area contributed by atoms with Crippen molar-refractivity contribution in [2.24, 2.45) is 0 Å². The summed E-state index contributed by atoms with van der Waals surface area (Å²) in [5.74, 6) is -1.21. The van der Waals surface area contributed by atoms with Crippen LogP contribution in [0.4, 0.5) is 0 Å². The molecule has 110 valence electrons. The highest BCUT2D eigenvalue weighted by Gasteiger charge is 2.11. The van der Waals surface area contributed by atoms with Gasteiger partial charge in [-0.1, -0.05) is 0 Å². The number of carbonyl (C=O) groups excluding carboxylic acids is 1. The van der Waals surface area contributed by atoms with Gasteiger partial charge in [0.2, 0.25) is 0 Å². The van der Waals surface area contributed by atoms with Crippen LogP contribution in [0.2, 0.25) is 0 Å². The molecule has 8 heteroatoms. The van der Waals surface area contributed by atoms with E-state index in [9.17, 15) is 9.59 Å². The summed E-state index contributed by atoms with van der Waals surface area (Å²) in [4.78, 5) is 26.8. The zero-order chi connectivity index (χ0) is 15.4. The number of nitrogens with one attached hydrogen (secondary N) is 1. The number of hydrogen-bond acceptors (Lipinski definition) is 4. The lowest BCUT2D eigenvalue weighted by atomic mass is 10.2. The summed E-state index contributed by atoms with van der Waals surface area (Å²) in [7, 11) is 0. The Labute approximate surface area is 147 Å². The minimum atomic E-state index is -1.04. The molecule has 1 amide bonds. The smallest absolute Gasteiger partial charge is 0.355 e. The number of carboxylic acid groups (broad SMARTS) is 1. The van der Waals surface area contributed by atoms with E-state index in [1.165, 1.54) is 16.7 Å². The molecule has 0 saturated carbocycles. The van der Waals surface area contributed by atoms with Gasteiger partial charge in [0.1, 0.15) is 0 Å². The number of thiazole rings is 1. The van der Waals surface area contributed by atoms with E-state index in [1.807, 2.05) is 12.1 Å². The maximum atomic E-state index is 12.1. The molecule has 0 radical (unpaired) electrons. The third kappa shape index (κ3) is 4.48. The number of carbonyl (C=O) groups is 2. The Kier molecular flexibility index (Phi) is 5.71. The van der Waals surface area contributed by atoms with Crippen molar-refractivity contribution in [1.82, 2.24) is 10.3 Å². The van der Waals surface area contributed by atoms with Crippen molar-refractivity contribution in [1.29, 1.82) is 0 Å². The van der Waals surface area contributed by atoms with Crippen LogP contribution in [0.1, 0.15) is 25.9 Å². The van der Waals surface area contributed by atoms with Gasteiger partial charge in [-0.2, -0.15) is 0 Å². The molecule has 2 aromatic rings. The van der Waals surface area contributed by atoms with Crippen molar-refractivity contribution >= 4 is 61.7 Å². The van der Waals surface area contributed by atoms with E-state index >= 15 is 0 Å². The predicted molar refractivity (Wildman–Crippen MR) is 92.0 cm³/mol. The molecule has 0 saturated heterocycles. The number of halogens is 2. The number of rotatable bonds is 5. The van der Waals surface area contributed by atoms with E-state index in [0.717, 1.165) is 8.04 Å². The highest BCUT2D eigenvalue weighted by molar-refractivity contribution is 14.1. The third-order valence-electron chi connectivity index (χ3n) is 2.57. The molecule has 2 N–H and O–H groups in total. The Bertz CT molecular complexity index is 690. The van der Waals surface area contributed by atoms with Gasteiger partial charge in [-0.05, 0) is 56.7 Å². The molecule has 0 aliphatic carbocycles. The van der Waals surface area contributed by atoms with Crippen LogP contribution in [0.25, 0.3) is 0 Å². The van der Waals surface area contributed by atoms with E-state index in [-0.39, 0.29) is 11.6 Å². The highest BCUT2D eigenvalue weighted by Crippen LogP contribution is 2.19. The SMILES string of the molecule is O=C(O)c1csc(CCNC(=O)c2cc(I)ccc2Br)n1. The van der Waals surface area contributed by atoms with Crippen molar-refractivity contribution in [3.63, 3.8) is 0 Å². The zero-order valence-corrected chi connectivity index (χ0v) is 15.2. The first-order chi connectivity index (χ1) is 9.97. The number of hydrogen-bond donors (Lipinski definition) is 2. The summed E-state index contributed by atoms with van der Waals surface area (Å²) in [5.41, 5.74) is 0.619. The Hall–Kier alpha value is -1.000. The fourth-order valence-electron chi connectivity index (χ4n) is 1.57. The minimum absolute atomic E-state index is 0.0432. The summed E-state index contributed by atoms with van der Waals surface area (Å²) < 4.78 is 1.72. The maximum absolute atomic E-state index is 12.1. The fourth-order valence-corrected chi connectivity index (χ4v) is 3.26. The quantitative estimate of drug-likeness (QED) is 0.644. The number of benzene rings is 1. The maximum Gasteiger partial charge on any atom is 0.355 e. The van der Waals surface area contributed by atoms with E-state index in [4.69, 9.17) is 5.11 Å². The number of amides is 1. The van der Waals surface area contributed by atoms with Crippen LogP contribution in [0.3, 0.4) is 0 Å². The molecule has 0 unspecified atom stereocenters. The molecule has 0 bridgehead atoms. The second-order valence-corrected chi connectivity index (χ2v) is 7.10. The van der Waals surface area contributed by atoms with Gasteiger partial charge in [0, 0.05) is 26.4 Å². The monoisotopic (exact) mass is 480 g/mol. The summed E-state index contributed by atoms with van der Waals surface area (Å²) in [6, 6.07) is 5.53. The lowest BCUT2D eigenvalue weighted by Gasteiger charge is -2.06. The second kappa shape index (κ2) is 7.32. The summed E-state index contributed by atoms with van der Waals surface area (Å²) in [6.45, 7) is 0.406. The molecule has 1 aromatic carbocycles. The van der Waals surface area contributed by atoms with Crippen molar-refractivity contribution in [2.75, 3.05) is 6.54 Å². The lowest BCUT2D eigenvalue weighted by molar-refractivity contribution is 0.0690. The van der Waals surface area contributed by atoms with Gasteiger partial charge >= 0.3 is 5.97 Å². The predicted octanol–water partition coefficient (Wildman–Crippen LogP) is 3.18. The van der Waals surface area contributed by atoms with Crippen LogP contribution in [0.5, 0.6) is 0 Å². The number of carboxylic acids is 1. The average molecular weight is 481 g/mol. The van der Waals surface area contributed by atoms with E-state index < -0.39 is 5.97 Å². The normalized spacial score (nSPS) is 10.4. The number of aromatic nitrogens is 1. The molecule has 2 rings (SSSR count). The van der Waals surface area contributed by atoms with Crippen molar-refractivity contribution in [3.8, 4) is 0 Å². The molecule has 0 aliphatic heterocycles. The first kappa shape index (κ1) is 16.4. The minimum Gasteiger partial charge on any atom is -0.476 e. The molecule has 5 nitrogen and oxygen atoms in total. The summed E-state index contributed by atoms with van der Waals surface area (Å²) >= 11 is 6.77. The average Bonchev–Trinajstić information content (AvgIpc) is 2.90. The van der Waals surface area contributed by atoms with Crippen molar-refractivity contribution < 1.29 is 14.7 Å². The van der Waals surface area contributed by atoms with Gasteiger partial charge in [0.25, 0.3) is 5.91 Å². The molecule has 0 atom stereocenters. The molecular weight excluding hydrogens is 471 g/mol. The summed E-state index contributed by atoms with van der Waals surface area (Å²) in [6.07, 6.45) is 0.505. The molecule has 0 fully saturated rings. The van der Waals surface area contributed by atoms with Gasteiger partial charge < -0.3 is 10.4 Å². The Balaban J connectivity index is 1.92. The molecule has 1 heterocycles. The Morgan fingerprint density at radius 1 is 1.43 bits per heavy atom. The van der Waals surface area contributed by atoms with E-state index in [2.05, 4.69) is 48.8 Å². The van der Waals surface area contributed by atoms with Gasteiger partial charge in [-0.25, -0.2) is 9.78 Å². The standard InChI is InChI=1S/C13H10BrIN2O3S/c14-9-2-1-7(15)5-8(9)12(18)16-4-3-11-17-10(6-21-11)13(19)20/h1-2,5-6H,3-4H2,(H,16,18)(H,19,20). The molecular formula is C13H10BrIN2O3S. The molecule has 21 heavy (non-hydrogen) atoms. The van der Waals surface area contributed by atoms with Crippen molar-refractivity contribution in [3.05, 3.63) is 47.9 Å². The largest absolute Gasteiger partial charge is 0.476 e. The topological polar surface area (TPSA) is 79.3 Å². The Morgan fingerprint density at radius 3 is 2.86 bits per heavy atom. The second-order valence-electron chi connectivity index (χ2n) is 4.06. The van der Waals surface area contributed by atoms with Gasteiger partial charge in [-0.3, -0.25) is 4.79 Å². The summed E-state index contributed by atoms with van der Waals surface area (Å²) in [5, 5.41) is 13.8. The van der Waals surface area contributed by atoms with Crippen LogP contribution in [-0.2, 0) is 6.42 Å². The first-order valence-corrected chi connectivity index (χ1v) is 8.63. The molecule has 0 aliphatic rings. The van der Waals surface area contributed by atoms with Crippen LogP contribution in [0.15, 0.2) is 28.1 Å². The number of aromatic carboxylic acids is 1. The first-order valence-electron chi connectivity index (χ1n) is 5.88. The van der Waals surface area contributed by atoms with Crippen LogP contribution in [-0.4, -0.2) is 28.5 Å². The fraction of sp³-hybridized carbons (Fsp3) is 0.154. The van der Waals surface area contributed by atoms with E-state index in [1.54, 1.807) is 6.07 Å². The van der Waals surface area contributed by atoms with Crippen LogP contribution >= 0.6 is 49.9 Å². The van der Waals surface area contributed by atoms with Gasteiger partial charge in [-0.15, -0.1) is 11.3 Å². The lowest BCUT2D eigenvalue weighted by Crippen LogP contribution is -2.26. The van der Waals surface area contributed by atoms with Crippen LogP contribution in [0, 0.1) is 3.57 Å². The van der Waals surface area contributed by atoms with Crippen LogP contribution < -0.4 is 5.32 Å². The van der Waals surface area contributed by atoms with E-state index in [0.29, 0.717) is 23.5 Å². The molecule has 0 spiro atoms. The Morgan fingerprint density at radius 2 is 2.19 bits per heavy atom. The van der Waals surface area contributed by atoms with Gasteiger partial charge in [0.05, 0.1) is 10.6 Å². The van der Waals surface area contributed by atoms with Crippen molar-refractivity contribution in [2.45, 2.75) is 6.42 Å². The van der Waals surface area contributed by atoms with Gasteiger partial charge in [0.15, 0.2) is 5.69 Å². The highest BCUT2D eigenvalue weighted by atomic mass is 127.